The molecule has 1 unspecified atom stereocenters. The zero-order chi connectivity index (χ0) is 25.6. The van der Waals surface area contributed by atoms with Crippen LogP contribution >= 0.6 is 0 Å². The molecule has 0 aromatic rings. The summed E-state index contributed by atoms with van der Waals surface area (Å²) in [6, 6.07) is 0. The van der Waals surface area contributed by atoms with Crippen molar-refractivity contribution < 1.29 is 30.3 Å². The predicted octanol–water partition coefficient (Wildman–Crippen LogP) is 3.76. The highest BCUT2D eigenvalue weighted by atomic mass is 16.4. The van der Waals surface area contributed by atoms with Crippen LogP contribution in [0.2, 0.25) is 0 Å². The van der Waals surface area contributed by atoms with Gasteiger partial charge < -0.3 is 25.5 Å². The van der Waals surface area contributed by atoms with Crippen LogP contribution in [0, 0.1) is 50.7 Å². The van der Waals surface area contributed by atoms with Crippen molar-refractivity contribution in [1.29, 1.82) is 0 Å². The van der Waals surface area contributed by atoms with E-state index >= 15 is 0 Å². The molecule has 4 saturated carbocycles. The van der Waals surface area contributed by atoms with Gasteiger partial charge in [-0.15, -0.1) is 0 Å². The van der Waals surface area contributed by atoms with E-state index in [0.29, 0.717) is 12.3 Å². The monoisotopic (exact) mass is 490 g/mol. The Kier molecular flexibility index (Phi) is 5.89. The summed E-state index contributed by atoms with van der Waals surface area (Å²) in [5.41, 5.74) is -0.586. The minimum Gasteiger partial charge on any atom is -0.481 e. The normalized spacial score (nSPS) is 50.1. The molecular weight excluding hydrogens is 444 g/mol. The van der Waals surface area contributed by atoms with Crippen molar-refractivity contribution in [3.63, 3.8) is 0 Å². The molecule has 0 aromatic carbocycles. The van der Waals surface area contributed by atoms with Gasteiger partial charge in [-0.3, -0.25) is 4.79 Å². The molecule has 5 rings (SSSR count). The average Bonchev–Trinajstić information content (AvgIpc) is 2.79. The van der Waals surface area contributed by atoms with Gasteiger partial charge in [-0.2, -0.15) is 0 Å². The Hall–Kier alpha value is -0.950. The minimum absolute atomic E-state index is 0.0275. The summed E-state index contributed by atoms with van der Waals surface area (Å²) in [6.07, 6.45) is 7.52. The lowest BCUT2D eigenvalue weighted by molar-refractivity contribution is -0.249. The van der Waals surface area contributed by atoms with Crippen molar-refractivity contribution in [3.8, 4) is 0 Å². The lowest BCUT2D eigenvalue weighted by Crippen LogP contribution is -2.68. The number of aliphatic hydroxyl groups excluding tert-OH is 4. The van der Waals surface area contributed by atoms with Crippen LogP contribution in [0.3, 0.4) is 0 Å². The molecule has 4 fully saturated rings. The summed E-state index contributed by atoms with van der Waals surface area (Å²) < 4.78 is 0. The zero-order valence-electron chi connectivity index (χ0n) is 22.0. The molecule has 6 nitrogen and oxygen atoms in total. The Balaban J connectivity index is 1.57. The molecule has 0 saturated heterocycles. The first kappa shape index (κ1) is 25.7. The maximum Gasteiger partial charge on any atom is 0.310 e. The molecule has 9 atom stereocenters. The van der Waals surface area contributed by atoms with E-state index < -0.39 is 29.0 Å². The molecular formula is C29H46O6. The number of carbonyl (C=O) groups is 1. The van der Waals surface area contributed by atoms with Crippen LogP contribution in [0.5, 0.6) is 0 Å². The van der Waals surface area contributed by atoms with E-state index in [9.17, 15) is 30.3 Å². The summed E-state index contributed by atoms with van der Waals surface area (Å²) in [5.74, 6) is -0.0475. The second-order valence-corrected chi connectivity index (χ2v) is 14.3. The maximum atomic E-state index is 12.7. The van der Waals surface area contributed by atoms with E-state index in [1.807, 2.05) is 0 Å². The van der Waals surface area contributed by atoms with Gasteiger partial charge in [0.2, 0.25) is 0 Å². The third-order valence-electron chi connectivity index (χ3n) is 12.4. The molecule has 0 amide bonds. The highest BCUT2D eigenvalue weighted by Gasteiger charge is 2.68. The standard InChI is InChI=1S/C29H46O6/c1-25(2)11-12-28(24(34)35)10-7-18-17(19(28)13-25)5-6-21-26(18,3)9-8-22-27(21,4)14-20(32)23(33)29(22,15-30)16-31/h5,18-23,30-33H,6-16H2,1-4H3,(H,34,35)/t18?,19-,20+,21-,22+,23-,26-,27+,28+/m0/s1. The van der Waals surface area contributed by atoms with Gasteiger partial charge >= 0.3 is 5.97 Å². The largest absolute Gasteiger partial charge is 0.481 e. The van der Waals surface area contributed by atoms with Crippen LogP contribution in [0.25, 0.3) is 0 Å². The van der Waals surface area contributed by atoms with Gasteiger partial charge in [-0.25, -0.2) is 0 Å². The van der Waals surface area contributed by atoms with Crippen LogP contribution in [0.4, 0.5) is 0 Å². The predicted molar refractivity (Wildman–Crippen MR) is 132 cm³/mol. The van der Waals surface area contributed by atoms with Gasteiger partial charge in [-0.1, -0.05) is 39.3 Å². The lowest BCUT2D eigenvalue weighted by atomic mass is 9.36. The number of fused-ring (bicyclic) bond motifs is 7. The van der Waals surface area contributed by atoms with Crippen LogP contribution < -0.4 is 0 Å². The summed E-state index contributed by atoms with van der Waals surface area (Å²) in [4.78, 5) is 12.7. The average molecular weight is 491 g/mol. The molecule has 0 heterocycles. The third-order valence-corrected chi connectivity index (χ3v) is 12.4. The molecule has 0 bridgehead atoms. The summed E-state index contributed by atoms with van der Waals surface area (Å²) >= 11 is 0. The Bertz CT molecular complexity index is 907. The Morgan fingerprint density at radius 3 is 2.20 bits per heavy atom. The van der Waals surface area contributed by atoms with Gasteiger partial charge in [-0.05, 0) is 97.7 Å². The number of rotatable bonds is 3. The van der Waals surface area contributed by atoms with Crippen LogP contribution in [0.15, 0.2) is 11.6 Å². The molecule has 0 spiro atoms. The zero-order valence-corrected chi connectivity index (χ0v) is 22.0. The van der Waals surface area contributed by atoms with E-state index in [0.717, 1.165) is 51.4 Å². The molecule has 0 radical (unpaired) electrons. The number of aliphatic carboxylic acids is 1. The summed E-state index contributed by atoms with van der Waals surface area (Å²) in [7, 11) is 0. The summed E-state index contributed by atoms with van der Waals surface area (Å²) in [6.45, 7) is 8.47. The van der Waals surface area contributed by atoms with Gasteiger partial charge in [0.15, 0.2) is 0 Å². The molecule has 5 N–H and O–H groups in total. The van der Waals surface area contributed by atoms with Crippen molar-refractivity contribution in [2.24, 2.45) is 50.7 Å². The van der Waals surface area contributed by atoms with Crippen LogP contribution in [0.1, 0.15) is 85.5 Å². The highest BCUT2D eigenvalue weighted by molar-refractivity contribution is 5.76. The number of carboxylic acid groups (broad SMARTS) is 1. The third kappa shape index (κ3) is 3.25. The highest BCUT2D eigenvalue weighted by Crippen LogP contribution is 2.72. The number of hydrogen-bond donors (Lipinski definition) is 5. The molecule has 5 aliphatic carbocycles. The summed E-state index contributed by atoms with van der Waals surface area (Å²) in [5, 5.41) is 53.0. The second-order valence-electron chi connectivity index (χ2n) is 14.3. The van der Waals surface area contributed by atoms with Gasteiger partial charge in [0, 0.05) is 5.41 Å². The first-order valence-corrected chi connectivity index (χ1v) is 13.8. The Labute approximate surface area is 209 Å². The molecule has 5 aliphatic rings. The van der Waals surface area contributed by atoms with E-state index in [1.165, 1.54) is 5.57 Å². The SMILES string of the molecule is CC1(C)CC[C@]2(C(=O)O)CCC3C(=CC[C@@H]4[C@@]5(C)C[C@@H](O)[C@H](O)C(CO)(CO)[C@@H]5CC[C@@]34C)[C@@H]2C1. The van der Waals surface area contributed by atoms with Crippen molar-refractivity contribution in [2.45, 2.75) is 97.7 Å². The van der Waals surface area contributed by atoms with Crippen molar-refractivity contribution in [3.05, 3.63) is 11.6 Å². The fraction of sp³-hybridized carbons (Fsp3) is 0.897. The second kappa shape index (κ2) is 8.02. The minimum atomic E-state index is -1.13. The van der Waals surface area contributed by atoms with Crippen molar-refractivity contribution in [1.82, 2.24) is 0 Å². The molecule has 0 aliphatic heterocycles. The van der Waals surface area contributed by atoms with E-state index in [1.54, 1.807) is 0 Å². The molecule has 198 valence electrons. The topological polar surface area (TPSA) is 118 Å². The fourth-order valence-corrected chi connectivity index (χ4v) is 10.5. The van der Waals surface area contributed by atoms with E-state index in [2.05, 4.69) is 33.8 Å². The van der Waals surface area contributed by atoms with Crippen molar-refractivity contribution in [2.75, 3.05) is 13.2 Å². The molecule has 6 heteroatoms. The van der Waals surface area contributed by atoms with Gasteiger partial charge in [0.1, 0.15) is 0 Å². The first-order valence-electron chi connectivity index (χ1n) is 13.8. The van der Waals surface area contributed by atoms with Crippen LogP contribution in [-0.2, 0) is 4.79 Å². The molecule has 0 aromatic heterocycles. The quantitative estimate of drug-likeness (QED) is 0.385. The smallest absolute Gasteiger partial charge is 0.310 e. The van der Waals surface area contributed by atoms with Gasteiger partial charge in [0.25, 0.3) is 0 Å². The number of carboxylic acids is 1. The Morgan fingerprint density at radius 1 is 0.886 bits per heavy atom. The van der Waals surface area contributed by atoms with Crippen LogP contribution in [-0.4, -0.2) is 56.9 Å². The van der Waals surface area contributed by atoms with E-state index in [4.69, 9.17) is 0 Å². The maximum absolute atomic E-state index is 12.7. The van der Waals surface area contributed by atoms with Gasteiger partial charge in [0.05, 0.1) is 30.8 Å². The first-order chi connectivity index (χ1) is 16.3. The van der Waals surface area contributed by atoms with Crippen molar-refractivity contribution >= 4 is 5.97 Å². The van der Waals surface area contributed by atoms with E-state index in [-0.39, 0.29) is 47.2 Å². The molecule has 35 heavy (non-hydrogen) atoms. The fourth-order valence-electron chi connectivity index (χ4n) is 10.5. The number of hydrogen-bond acceptors (Lipinski definition) is 5. The lowest BCUT2D eigenvalue weighted by Gasteiger charge is -2.68. The Morgan fingerprint density at radius 2 is 1.57 bits per heavy atom. The number of aliphatic hydroxyl groups is 4. The number of allylic oxidation sites excluding steroid dienone is 2.